The van der Waals surface area contributed by atoms with Gasteiger partial charge in [-0.15, -0.1) is 0 Å². The summed E-state index contributed by atoms with van der Waals surface area (Å²) >= 11 is 12.1. The van der Waals surface area contributed by atoms with Crippen molar-refractivity contribution in [1.82, 2.24) is 9.78 Å². The lowest BCUT2D eigenvalue weighted by atomic mass is 10.1. The minimum absolute atomic E-state index is 0.00235. The number of hydrogen-bond donors (Lipinski definition) is 0. The Hall–Kier alpha value is -2.61. The van der Waals surface area contributed by atoms with Gasteiger partial charge in [0.2, 0.25) is 5.88 Å². The normalized spacial score (nSPS) is 10.8. The van der Waals surface area contributed by atoms with Crippen LogP contribution in [0.15, 0.2) is 48.5 Å². The van der Waals surface area contributed by atoms with Crippen LogP contribution < -0.4 is 4.74 Å². The van der Waals surface area contributed by atoms with E-state index in [2.05, 4.69) is 5.10 Å². The summed E-state index contributed by atoms with van der Waals surface area (Å²) in [4.78, 5) is 10.4. The number of ether oxygens (including phenoxy) is 2. The van der Waals surface area contributed by atoms with Gasteiger partial charge in [-0.25, -0.2) is 4.68 Å². The molecule has 2 aromatic carbocycles. The smallest absolute Gasteiger partial charge is 0.269 e. The molecule has 0 aliphatic heterocycles. The summed E-state index contributed by atoms with van der Waals surface area (Å²) in [5.74, 6) is 0.474. The van der Waals surface area contributed by atoms with Crippen LogP contribution in [0.1, 0.15) is 0 Å². The van der Waals surface area contributed by atoms with Crippen molar-refractivity contribution in [3.05, 3.63) is 68.7 Å². The number of rotatable bonds is 7. The van der Waals surface area contributed by atoms with Crippen molar-refractivity contribution in [2.45, 2.75) is 0 Å². The Morgan fingerprint density at radius 1 is 1.07 bits per heavy atom. The fourth-order valence-electron chi connectivity index (χ4n) is 2.39. The molecule has 0 amide bonds. The van der Waals surface area contributed by atoms with Crippen LogP contribution in [0, 0.1) is 10.1 Å². The zero-order valence-corrected chi connectivity index (χ0v) is 15.8. The predicted octanol–water partition coefficient (Wildman–Crippen LogP) is 4.78. The molecule has 0 unspecified atom stereocenters. The van der Waals surface area contributed by atoms with Crippen molar-refractivity contribution < 1.29 is 14.4 Å². The van der Waals surface area contributed by atoms with E-state index >= 15 is 0 Å². The van der Waals surface area contributed by atoms with Gasteiger partial charge in [-0.3, -0.25) is 10.1 Å². The number of nitrogens with zero attached hydrogens (tertiary/aromatic N) is 3. The Labute approximate surface area is 165 Å². The van der Waals surface area contributed by atoms with Crippen LogP contribution in [0.2, 0.25) is 10.0 Å². The molecule has 27 heavy (non-hydrogen) atoms. The van der Waals surface area contributed by atoms with Crippen molar-refractivity contribution in [2.24, 2.45) is 0 Å². The zero-order valence-electron chi connectivity index (χ0n) is 14.3. The second kappa shape index (κ2) is 8.39. The maximum Gasteiger partial charge on any atom is 0.269 e. The third-order valence-corrected chi connectivity index (χ3v) is 4.47. The van der Waals surface area contributed by atoms with Gasteiger partial charge in [-0.1, -0.05) is 29.3 Å². The second-order valence-electron chi connectivity index (χ2n) is 5.52. The van der Waals surface area contributed by atoms with Gasteiger partial charge in [0.15, 0.2) is 0 Å². The maximum atomic E-state index is 10.9. The highest BCUT2D eigenvalue weighted by Crippen LogP contribution is 2.31. The Bertz CT molecular complexity index is 958. The first-order valence-corrected chi connectivity index (χ1v) is 8.67. The number of nitro benzene ring substituents is 1. The molecule has 0 bridgehead atoms. The molecule has 3 rings (SSSR count). The Morgan fingerprint density at radius 3 is 2.44 bits per heavy atom. The molecule has 0 radical (unpaired) electrons. The molecule has 140 valence electrons. The molecule has 0 spiro atoms. The van der Waals surface area contributed by atoms with E-state index in [0.29, 0.717) is 40.5 Å². The van der Waals surface area contributed by atoms with Gasteiger partial charge >= 0.3 is 0 Å². The van der Waals surface area contributed by atoms with Gasteiger partial charge < -0.3 is 9.47 Å². The predicted molar refractivity (Wildman–Crippen MR) is 103 cm³/mol. The minimum Gasteiger partial charge on any atom is -0.475 e. The lowest BCUT2D eigenvalue weighted by Crippen LogP contribution is -2.08. The molecule has 1 aromatic heterocycles. The molecule has 1 heterocycles. The van der Waals surface area contributed by atoms with E-state index in [1.165, 1.54) is 12.1 Å². The van der Waals surface area contributed by atoms with Crippen molar-refractivity contribution >= 4 is 28.9 Å². The van der Waals surface area contributed by atoms with E-state index < -0.39 is 4.92 Å². The summed E-state index contributed by atoms with van der Waals surface area (Å²) in [5.41, 5.74) is 2.01. The summed E-state index contributed by atoms with van der Waals surface area (Å²) in [6.07, 6.45) is 0. The molecule has 0 aliphatic carbocycles. The van der Waals surface area contributed by atoms with Crippen molar-refractivity contribution in [2.75, 3.05) is 20.3 Å². The second-order valence-corrected chi connectivity index (χ2v) is 6.34. The maximum absolute atomic E-state index is 10.9. The van der Waals surface area contributed by atoms with Gasteiger partial charge in [-0.2, -0.15) is 5.10 Å². The Morgan fingerprint density at radius 2 is 1.81 bits per heavy atom. The largest absolute Gasteiger partial charge is 0.475 e. The molecule has 0 aliphatic rings. The lowest BCUT2D eigenvalue weighted by Gasteiger charge is -2.08. The van der Waals surface area contributed by atoms with E-state index in [4.69, 9.17) is 32.7 Å². The molecule has 9 heteroatoms. The molecular formula is C18H15Cl2N3O4. The average Bonchev–Trinajstić information content (AvgIpc) is 3.08. The van der Waals surface area contributed by atoms with Crippen LogP contribution in [-0.2, 0) is 4.74 Å². The number of halogens is 2. The number of non-ortho nitro benzene ring substituents is 1. The molecule has 3 aromatic rings. The summed E-state index contributed by atoms with van der Waals surface area (Å²) in [6.45, 7) is 0.740. The van der Waals surface area contributed by atoms with Gasteiger partial charge in [0.1, 0.15) is 6.61 Å². The number of methoxy groups -OCH3 is 1. The summed E-state index contributed by atoms with van der Waals surface area (Å²) < 4.78 is 12.3. The molecular weight excluding hydrogens is 393 g/mol. The Balaban J connectivity index is 2.00. The number of nitro groups is 1. The van der Waals surface area contributed by atoms with Crippen LogP contribution in [0.25, 0.3) is 16.9 Å². The first-order chi connectivity index (χ1) is 13.0. The van der Waals surface area contributed by atoms with Crippen LogP contribution >= 0.6 is 23.2 Å². The molecule has 0 saturated carbocycles. The van der Waals surface area contributed by atoms with Crippen molar-refractivity contribution in [1.29, 1.82) is 0 Å². The van der Waals surface area contributed by atoms with E-state index in [1.54, 1.807) is 48.2 Å². The number of aromatic nitrogens is 2. The van der Waals surface area contributed by atoms with Crippen LogP contribution in [0.5, 0.6) is 5.88 Å². The first kappa shape index (κ1) is 19.2. The quantitative estimate of drug-likeness (QED) is 0.319. The first-order valence-electron chi connectivity index (χ1n) is 7.91. The van der Waals surface area contributed by atoms with E-state index in [1.807, 2.05) is 0 Å². The highest BCUT2D eigenvalue weighted by molar-refractivity contribution is 6.42. The molecule has 0 fully saturated rings. The number of hydrogen-bond acceptors (Lipinski definition) is 5. The fraction of sp³-hybridized carbons (Fsp3) is 0.167. The van der Waals surface area contributed by atoms with E-state index in [0.717, 1.165) is 5.56 Å². The topological polar surface area (TPSA) is 79.4 Å². The van der Waals surface area contributed by atoms with Crippen LogP contribution in [0.3, 0.4) is 0 Å². The zero-order chi connectivity index (χ0) is 19.4. The van der Waals surface area contributed by atoms with E-state index in [-0.39, 0.29) is 5.69 Å². The van der Waals surface area contributed by atoms with Gasteiger partial charge in [-0.05, 0) is 24.3 Å². The lowest BCUT2D eigenvalue weighted by molar-refractivity contribution is -0.384. The van der Waals surface area contributed by atoms with Crippen LogP contribution in [0.4, 0.5) is 5.69 Å². The van der Waals surface area contributed by atoms with E-state index in [9.17, 15) is 10.1 Å². The van der Waals surface area contributed by atoms with Gasteiger partial charge in [0.05, 0.1) is 33.0 Å². The van der Waals surface area contributed by atoms with Gasteiger partial charge in [0.25, 0.3) is 5.69 Å². The van der Waals surface area contributed by atoms with Crippen LogP contribution in [-0.4, -0.2) is 35.0 Å². The standard InChI is InChI=1S/C18H15Cl2N3O4/c1-26-8-9-27-18-11-17(12-2-7-15(19)16(20)10-12)21-22(18)13-3-5-14(6-4-13)23(24)25/h2-7,10-11H,8-9H2,1H3. The summed E-state index contributed by atoms with van der Waals surface area (Å²) in [5, 5.41) is 16.3. The minimum atomic E-state index is -0.454. The third-order valence-electron chi connectivity index (χ3n) is 3.73. The monoisotopic (exact) mass is 407 g/mol. The molecule has 7 nitrogen and oxygen atoms in total. The Kier molecular flexibility index (Phi) is 5.95. The third kappa shape index (κ3) is 4.39. The average molecular weight is 408 g/mol. The molecule has 0 saturated heterocycles. The van der Waals surface area contributed by atoms with Crippen molar-refractivity contribution in [3.63, 3.8) is 0 Å². The SMILES string of the molecule is COCCOc1cc(-c2ccc(Cl)c(Cl)c2)nn1-c1ccc([N+](=O)[O-])cc1. The summed E-state index contributed by atoms with van der Waals surface area (Å²) in [7, 11) is 1.58. The summed E-state index contributed by atoms with van der Waals surface area (Å²) in [6, 6.07) is 13.0. The molecule has 0 N–H and O–H groups in total. The highest BCUT2D eigenvalue weighted by Gasteiger charge is 2.15. The molecule has 0 atom stereocenters. The number of benzene rings is 2. The highest BCUT2D eigenvalue weighted by atomic mass is 35.5. The van der Waals surface area contributed by atoms with Crippen molar-refractivity contribution in [3.8, 4) is 22.8 Å². The fourth-order valence-corrected chi connectivity index (χ4v) is 2.69. The van der Waals surface area contributed by atoms with Gasteiger partial charge in [0, 0.05) is 30.9 Å².